The van der Waals surface area contributed by atoms with Crippen LogP contribution in [0.3, 0.4) is 0 Å². The molecular weight excluding hydrogens is 426 g/mol. The lowest BCUT2D eigenvalue weighted by molar-refractivity contribution is -0.116. The Morgan fingerprint density at radius 2 is 1.91 bits per heavy atom. The van der Waals surface area contributed by atoms with E-state index in [1.54, 1.807) is 18.5 Å². The second-order valence-corrected chi connectivity index (χ2v) is 8.82. The summed E-state index contributed by atoms with van der Waals surface area (Å²) >= 11 is 0. The quantitative estimate of drug-likeness (QED) is 0.505. The van der Waals surface area contributed by atoms with Crippen LogP contribution in [0.1, 0.15) is 34.2 Å². The highest BCUT2D eigenvalue weighted by Gasteiger charge is 2.42. The fourth-order valence-corrected chi connectivity index (χ4v) is 5.42. The van der Waals surface area contributed by atoms with E-state index in [9.17, 15) is 9.59 Å². The highest BCUT2D eigenvalue weighted by atomic mass is 16.2. The molecule has 4 aromatic rings. The summed E-state index contributed by atoms with van der Waals surface area (Å²) in [6.45, 7) is 1.20. The van der Waals surface area contributed by atoms with Gasteiger partial charge in [-0.05, 0) is 42.3 Å². The van der Waals surface area contributed by atoms with Gasteiger partial charge in [-0.1, -0.05) is 30.3 Å². The van der Waals surface area contributed by atoms with E-state index in [-0.39, 0.29) is 18.0 Å². The van der Waals surface area contributed by atoms with E-state index in [0.717, 1.165) is 28.9 Å². The Kier molecular flexibility index (Phi) is 4.83. The SMILES string of the molecule is CN1c2ccccc2C(=O)N2CCc3c(n(CCC(=O)Nc4cccnc4)c4ccccc34)C21. The maximum absolute atomic E-state index is 13.4. The van der Waals surface area contributed by atoms with E-state index in [4.69, 9.17) is 0 Å². The number of carbonyl (C=O) groups excluding carboxylic acids is 2. The number of aryl methyl sites for hydroxylation is 1. The molecule has 1 unspecified atom stereocenters. The van der Waals surface area contributed by atoms with Crippen LogP contribution in [0.2, 0.25) is 0 Å². The first-order valence-corrected chi connectivity index (χ1v) is 11.6. The number of benzene rings is 2. The zero-order valence-corrected chi connectivity index (χ0v) is 18.9. The molecule has 0 aliphatic carbocycles. The summed E-state index contributed by atoms with van der Waals surface area (Å²) in [5.41, 5.74) is 5.84. The third-order valence-electron chi connectivity index (χ3n) is 6.91. The van der Waals surface area contributed by atoms with Crippen molar-refractivity contribution in [3.63, 3.8) is 0 Å². The number of para-hydroxylation sites is 2. The third kappa shape index (κ3) is 3.15. The molecule has 4 heterocycles. The summed E-state index contributed by atoms with van der Waals surface area (Å²) < 4.78 is 2.24. The Morgan fingerprint density at radius 1 is 1.09 bits per heavy atom. The molecule has 2 aliphatic rings. The van der Waals surface area contributed by atoms with Crippen molar-refractivity contribution < 1.29 is 9.59 Å². The van der Waals surface area contributed by atoms with Gasteiger partial charge < -0.3 is 19.7 Å². The van der Waals surface area contributed by atoms with E-state index in [1.807, 2.05) is 41.3 Å². The van der Waals surface area contributed by atoms with Crippen molar-refractivity contribution in [2.75, 3.05) is 23.8 Å². The molecule has 2 aromatic carbocycles. The molecule has 0 fully saturated rings. The molecular formula is C27H25N5O2. The number of amides is 2. The Bertz CT molecular complexity index is 1410. The van der Waals surface area contributed by atoms with Crippen molar-refractivity contribution >= 4 is 34.1 Å². The molecule has 7 nitrogen and oxygen atoms in total. The Morgan fingerprint density at radius 3 is 2.76 bits per heavy atom. The minimum absolute atomic E-state index is 0.0642. The van der Waals surface area contributed by atoms with E-state index >= 15 is 0 Å². The van der Waals surface area contributed by atoms with Crippen LogP contribution in [-0.2, 0) is 17.8 Å². The molecule has 0 bridgehead atoms. The van der Waals surface area contributed by atoms with Crippen molar-refractivity contribution in [1.82, 2.24) is 14.5 Å². The largest absolute Gasteiger partial charge is 0.349 e. The van der Waals surface area contributed by atoms with Crippen LogP contribution >= 0.6 is 0 Å². The molecule has 2 aromatic heterocycles. The predicted octanol–water partition coefficient (Wildman–Crippen LogP) is 4.21. The van der Waals surface area contributed by atoms with Gasteiger partial charge in [-0.3, -0.25) is 14.6 Å². The smallest absolute Gasteiger partial charge is 0.257 e. The molecule has 0 saturated carbocycles. The Balaban J connectivity index is 1.40. The zero-order chi connectivity index (χ0) is 23.2. The molecule has 0 spiro atoms. The summed E-state index contributed by atoms with van der Waals surface area (Å²) in [4.78, 5) is 34.4. The van der Waals surface area contributed by atoms with E-state index in [2.05, 4.69) is 45.0 Å². The normalized spacial score (nSPS) is 16.7. The summed E-state index contributed by atoms with van der Waals surface area (Å²) in [7, 11) is 2.05. The molecule has 7 heteroatoms. The van der Waals surface area contributed by atoms with Gasteiger partial charge in [0.05, 0.1) is 28.8 Å². The van der Waals surface area contributed by atoms with Crippen LogP contribution in [0.5, 0.6) is 0 Å². The summed E-state index contributed by atoms with van der Waals surface area (Å²) in [5, 5.41) is 4.13. The standard InChI is InChI=1S/C27H25N5O2/c1-30-22-10-4-3-9-21(22)27(34)32-15-12-20-19-8-2-5-11-23(19)31(25(20)26(30)32)16-13-24(33)29-18-7-6-14-28-17-18/h2-11,14,17,26H,12-13,15-16H2,1H3,(H,29,33). The number of hydrogen-bond donors (Lipinski definition) is 1. The summed E-state index contributed by atoms with van der Waals surface area (Å²) in [6.07, 6.45) is 4.23. The van der Waals surface area contributed by atoms with Gasteiger partial charge in [0.25, 0.3) is 5.91 Å². The fraction of sp³-hybridized carbons (Fsp3) is 0.222. The van der Waals surface area contributed by atoms with Gasteiger partial charge >= 0.3 is 0 Å². The zero-order valence-electron chi connectivity index (χ0n) is 18.9. The lowest BCUT2D eigenvalue weighted by Gasteiger charge is -2.46. The Labute approximate surface area is 197 Å². The number of pyridine rings is 1. The lowest BCUT2D eigenvalue weighted by Crippen LogP contribution is -2.51. The number of nitrogens with zero attached hydrogens (tertiary/aromatic N) is 4. The second kappa shape index (κ2) is 8.02. The molecule has 1 atom stereocenters. The Hall–Kier alpha value is -4.13. The number of hydrogen-bond acceptors (Lipinski definition) is 4. The molecule has 34 heavy (non-hydrogen) atoms. The van der Waals surface area contributed by atoms with Crippen molar-refractivity contribution in [2.45, 2.75) is 25.6 Å². The van der Waals surface area contributed by atoms with Crippen LogP contribution in [0.15, 0.2) is 73.1 Å². The van der Waals surface area contributed by atoms with Crippen LogP contribution in [0, 0.1) is 0 Å². The van der Waals surface area contributed by atoms with Gasteiger partial charge in [0.15, 0.2) is 0 Å². The van der Waals surface area contributed by atoms with Gasteiger partial charge in [0.2, 0.25) is 5.91 Å². The maximum atomic E-state index is 13.4. The van der Waals surface area contributed by atoms with Gasteiger partial charge in [0, 0.05) is 43.7 Å². The van der Waals surface area contributed by atoms with Gasteiger partial charge in [-0.2, -0.15) is 0 Å². The number of rotatable bonds is 4. The third-order valence-corrected chi connectivity index (χ3v) is 6.91. The van der Waals surface area contributed by atoms with Crippen LogP contribution in [-0.4, -0.2) is 39.9 Å². The van der Waals surface area contributed by atoms with Crippen molar-refractivity contribution in [2.24, 2.45) is 0 Å². The van der Waals surface area contributed by atoms with Crippen molar-refractivity contribution in [1.29, 1.82) is 0 Å². The van der Waals surface area contributed by atoms with Gasteiger partial charge in [0.1, 0.15) is 6.17 Å². The first-order valence-electron chi connectivity index (χ1n) is 11.6. The number of anilines is 2. The fourth-order valence-electron chi connectivity index (χ4n) is 5.42. The van der Waals surface area contributed by atoms with Crippen LogP contribution in [0.4, 0.5) is 11.4 Å². The minimum atomic E-state index is -0.208. The average Bonchev–Trinajstić information content (AvgIpc) is 3.20. The number of fused-ring (bicyclic) bond motifs is 6. The van der Waals surface area contributed by atoms with E-state index < -0.39 is 0 Å². The van der Waals surface area contributed by atoms with Gasteiger partial charge in [-0.15, -0.1) is 0 Å². The lowest BCUT2D eigenvalue weighted by atomic mass is 9.96. The molecule has 0 radical (unpaired) electrons. The molecule has 1 N–H and O–H groups in total. The topological polar surface area (TPSA) is 70.5 Å². The number of aromatic nitrogens is 2. The molecule has 2 amide bonds. The summed E-state index contributed by atoms with van der Waals surface area (Å²) in [6, 6.07) is 19.8. The second-order valence-electron chi connectivity index (χ2n) is 8.82. The van der Waals surface area contributed by atoms with Gasteiger partial charge in [-0.25, -0.2) is 0 Å². The molecule has 2 aliphatic heterocycles. The molecule has 170 valence electrons. The first kappa shape index (κ1) is 20.5. The summed E-state index contributed by atoms with van der Waals surface area (Å²) in [5.74, 6) is 0.00101. The first-order chi connectivity index (χ1) is 16.6. The molecule has 0 saturated heterocycles. The number of nitrogens with one attached hydrogen (secondary N) is 1. The minimum Gasteiger partial charge on any atom is -0.349 e. The predicted molar refractivity (Wildman–Crippen MR) is 132 cm³/mol. The molecule has 6 rings (SSSR count). The van der Waals surface area contributed by atoms with E-state index in [1.165, 1.54) is 10.9 Å². The van der Waals surface area contributed by atoms with Crippen LogP contribution < -0.4 is 10.2 Å². The van der Waals surface area contributed by atoms with Crippen molar-refractivity contribution in [3.05, 3.63) is 89.9 Å². The highest BCUT2D eigenvalue weighted by Crippen LogP contribution is 2.44. The monoisotopic (exact) mass is 451 g/mol. The maximum Gasteiger partial charge on any atom is 0.257 e. The average molecular weight is 452 g/mol. The highest BCUT2D eigenvalue weighted by molar-refractivity contribution is 6.02. The van der Waals surface area contributed by atoms with E-state index in [0.29, 0.717) is 25.2 Å². The number of carbonyl (C=O) groups is 2. The van der Waals surface area contributed by atoms with Crippen molar-refractivity contribution in [3.8, 4) is 0 Å². The van der Waals surface area contributed by atoms with Crippen LogP contribution in [0.25, 0.3) is 10.9 Å².